The summed E-state index contributed by atoms with van der Waals surface area (Å²) in [5.41, 5.74) is 5.05. The van der Waals surface area contributed by atoms with Crippen molar-refractivity contribution in [1.29, 1.82) is 0 Å². The summed E-state index contributed by atoms with van der Waals surface area (Å²) in [4.78, 5) is 22.7. The topological polar surface area (TPSA) is 81.4 Å². The van der Waals surface area contributed by atoms with Gasteiger partial charge in [0.1, 0.15) is 12.3 Å². The SMILES string of the molecule is CC(Oc1ccc(Cl)cc1C(N)=O)C(=O)NCC(F)(F)F. The van der Waals surface area contributed by atoms with Gasteiger partial charge in [-0.25, -0.2) is 0 Å². The van der Waals surface area contributed by atoms with Crippen molar-refractivity contribution < 1.29 is 27.5 Å². The standard InChI is InChI=1S/C12H12ClF3N2O3/c1-6(11(20)18-5-12(14,15)16)21-9-3-2-7(13)4-8(9)10(17)19/h2-4,6H,5H2,1H3,(H2,17,19)(H,18,20). The van der Waals surface area contributed by atoms with Crippen LogP contribution in [0.15, 0.2) is 18.2 Å². The second kappa shape index (κ2) is 6.66. The van der Waals surface area contributed by atoms with Crippen LogP contribution in [0.5, 0.6) is 5.75 Å². The lowest BCUT2D eigenvalue weighted by Crippen LogP contribution is -2.41. The van der Waals surface area contributed by atoms with E-state index in [1.165, 1.54) is 25.1 Å². The molecule has 9 heteroatoms. The Morgan fingerprint density at radius 3 is 2.57 bits per heavy atom. The summed E-state index contributed by atoms with van der Waals surface area (Å²) in [6.07, 6.45) is -5.76. The molecule has 5 nitrogen and oxygen atoms in total. The van der Waals surface area contributed by atoms with E-state index in [1.54, 1.807) is 5.32 Å². The predicted octanol–water partition coefficient (Wildman–Crippen LogP) is 1.88. The minimum atomic E-state index is -4.52. The van der Waals surface area contributed by atoms with Crippen molar-refractivity contribution in [3.8, 4) is 5.75 Å². The van der Waals surface area contributed by atoms with Crippen LogP contribution in [0, 0.1) is 0 Å². The van der Waals surface area contributed by atoms with Crippen molar-refractivity contribution in [1.82, 2.24) is 5.32 Å². The van der Waals surface area contributed by atoms with Crippen LogP contribution in [0.3, 0.4) is 0 Å². The number of hydrogen-bond donors (Lipinski definition) is 2. The normalized spacial score (nSPS) is 12.6. The number of benzene rings is 1. The Balaban J connectivity index is 2.77. The summed E-state index contributed by atoms with van der Waals surface area (Å²) in [5, 5.41) is 1.90. The second-order valence-corrected chi connectivity index (χ2v) is 4.53. The number of ether oxygens (including phenoxy) is 1. The van der Waals surface area contributed by atoms with E-state index in [2.05, 4.69) is 0 Å². The molecule has 3 N–H and O–H groups in total. The van der Waals surface area contributed by atoms with E-state index in [1.807, 2.05) is 0 Å². The smallest absolute Gasteiger partial charge is 0.405 e. The van der Waals surface area contributed by atoms with Gasteiger partial charge in [-0.15, -0.1) is 0 Å². The van der Waals surface area contributed by atoms with Gasteiger partial charge in [0.05, 0.1) is 5.56 Å². The summed E-state index contributed by atoms with van der Waals surface area (Å²) < 4.78 is 41.1. The third-order valence-electron chi connectivity index (χ3n) is 2.34. The van der Waals surface area contributed by atoms with Crippen LogP contribution in [0.1, 0.15) is 17.3 Å². The molecule has 0 fully saturated rings. The van der Waals surface area contributed by atoms with E-state index in [9.17, 15) is 22.8 Å². The van der Waals surface area contributed by atoms with Gasteiger partial charge in [0, 0.05) is 5.02 Å². The van der Waals surface area contributed by atoms with Crippen molar-refractivity contribution in [2.24, 2.45) is 5.73 Å². The molecule has 116 valence electrons. The first-order valence-corrected chi connectivity index (χ1v) is 6.08. The van der Waals surface area contributed by atoms with Gasteiger partial charge in [0.15, 0.2) is 6.10 Å². The first-order chi connectivity index (χ1) is 9.60. The number of hydrogen-bond acceptors (Lipinski definition) is 3. The minimum Gasteiger partial charge on any atom is -0.480 e. The van der Waals surface area contributed by atoms with Crippen LogP contribution in [0.25, 0.3) is 0 Å². The van der Waals surface area contributed by atoms with Crippen molar-refractivity contribution in [2.45, 2.75) is 19.2 Å². The Bertz CT molecular complexity index is 549. The summed E-state index contributed by atoms with van der Waals surface area (Å²) in [5.74, 6) is -1.85. The number of halogens is 4. The van der Waals surface area contributed by atoms with Crippen molar-refractivity contribution in [2.75, 3.05) is 6.54 Å². The number of nitrogens with two attached hydrogens (primary N) is 1. The molecule has 21 heavy (non-hydrogen) atoms. The van der Waals surface area contributed by atoms with E-state index in [4.69, 9.17) is 22.1 Å². The maximum absolute atomic E-state index is 12.0. The molecular weight excluding hydrogens is 313 g/mol. The molecule has 0 aliphatic heterocycles. The lowest BCUT2D eigenvalue weighted by Gasteiger charge is -2.17. The highest BCUT2D eigenvalue weighted by atomic mass is 35.5. The van der Waals surface area contributed by atoms with Gasteiger partial charge in [-0.05, 0) is 25.1 Å². The number of rotatable bonds is 5. The molecule has 0 radical (unpaired) electrons. The van der Waals surface area contributed by atoms with Gasteiger partial charge < -0.3 is 15.8 Å². The average Bonchev–Trinajstić information content (AvgIpc) is 2.36. The van der Waals surface area contributed by atoms with E-state index < -0.39 is 30.6 Å². The molecule has 0 heterocycles. The molecule has 0 aromatic heterocycles. The highest BCUT2D eigenvalue weighted by molar-refractivity contribution is 6.31. The molecule has 0 saturated carbocycles. The zero-order valence-corrected chi connectivity index (χ0v) is 11.6. The predicted molar refractivity (Wildman–Crippen MR) is 69.1 cm³/mol. The number of nitrogens with one attached hydrogen (secondary N) is 1. The number of primary amides is 1. The Morgan fingerprint density at radius 1 is 1.43 bits per heavy atom. The van der Waals surface area contributed by atoms with E-state index in [0.29, 0.717) is 0 Å². The van der Waals surface area contributed by atoms with Crippen molar-refractivity contribution >= 4 is 23.4 Å². The Kier molecular flexibility index (Phi) is 5.42. The first-order valence-electron chi connectivity index (χ1n) is 5.70. The summed E-state index contributed by atoms with van der Waals surface area (Å²) in [7, 11) is 0. The first kappa shape index (κ1) is 17.1. The fourth-order valence-corrected chi connectivity index (χ4v) is 1.54. The van der Waals surface area contributed by atoms with E-state index in [0.717, 1.165) is 0 Å². The molecule has 0 aliphatic carbocycles. The Hall–Kier alpha value is -1.96. The van der Waals surface area contributed by atoms with Crippen LogP contribution in [-0.4, -0.2) is 30.6 Å². The van der Waals surface area contributed by atoms with Crippen LogP contribution >= 0.6 is 11.6 Å². The maximum Gasteiger partial charge on any atom is 0.405 e. The molecule has 0 bridgehead atoms. The highest BCUT2D eigenvalue weighted by Crippen LogP contribution is 2.23. The second-order valence-electron chi connectivity index (χ2n) is 4.10. The zero-order chi connectivity index (χ0) is 16.2. The molecule has 0 aliphatic rings. The van der Waals surface area contributed by atoms with Gasteiger partial charge in [-0.1, -0.05) is 11.6 Å². The van der Waals surface area contributed by atoms with Crippen LogP contribution in [-0.2, 0) is 4.79 Å². The molecular formula is C12H12ClF3N2O3. The fourth-order valence-electron chi connectivity index (χ4n) is 1.37. The van der Waals surface area contributed by atoms with Crippen molar-refractivity contribution in [3.05, 3.63) is 28.8 Å². The number of carbonyl (C=O) groups is 2. The quantitative estimate of drug-likeness (QED) is 0.867. The number of carbonyl (C=O) groups excluding carboxylic acids is 2. The molecule has 2 amide bonds. The Morgan fingerprint density at radius 2 is 2.05 bits per heavy atom. The monoisotopic (exact) mass is 324 g/mol. The molecule has 1 aromatic carbocycles. The largest absolute Gasteiger partial charge is 0.480 e. The van der Waals surface area contributed by atoms with Gasteiger partial charge in [-0.3, -0.25) is 9.59 Å². The lowest BCUT2D eigenvalue weighted by atomic mass is 10.2. The van der Waals surface area contributed by atoms with Crippen LogP contribution in [0.4, 0.5) is 13.2 Å². The molecule has 1 aromatic rings. The minimum absolute atomic E-state index is 0.0402. The van der Waals surface area contributed by atoms with E-state index >= 15 is 0 Å². The number of alkyl halides is 3. The molecule has 1 atom stereocenters. The molecule has 0 spiro atoms. The molecule has 1 rings (SSSR count). The molecule has 1 unspecified atom stereocenters. The lowest BCUT2D eigenvalue weighted by molar-refractivity contribution is -0.142. The van der Waals surface area contributed by atoms with Gasteiger partial charge in [0.25, 0.3) is 11.8 Å². The summed E-state index contributed by atoms with van der Waals surface area (Å²) in [6, 6.07) is 3.93. The number of amides is 2. The summed E-state index contributed by atoms with van der Waals surface area (Å²) >= 11 is 5.69. The third kappa shape index (κ3) is 5.50. The Labute approximate surface area is 123 Å². The fraction of sp³-hybridized carbons (Fsp3) is 0.333. The van der Waals surface area contributed by atoms with Gasteiger partial charge in [-0.2, -0.15) is 13.2 Å². The van der Waals surface area contributed by atoms with Gasteiger partial charge >= 0.3 is 6.18 Å². The van der Waals surface area contributed by atoms with E-state index in [-0.39, 0.29) is 16.3 Å². The van der Waals surface area contributed by atoms with Crippen molar-refractivity contribution in [3.63, 3.8) is 0 Å². The van der Waals surface area contributed by atoms with Crippen LogP contribution < -0.4 is 15.8 Å². The average molecular weight is 325 g/mol. The highest BCUT2D eigenvalue weighted by Gasteiger charge is 2.29. The summed E-state index contributed by atoms with van der Waals surface area (Å²) in [6.45, 7) is -0.228. The maximum atomic E-state index is 12.0. The van der Waals surface area contributed by atoms with Crippen LogP contribution in [0.2, 0.25) is 5.02 Å². The third-order valence-corrected chi connectivity index (χ3v) is 2.58. The zero-order valence-electron chi connectivity index (χ0n) is 10.8. The molecule has 0 saturated heterocycles. The van der Waals surface area contributed by atoms with Gasteiger partial charge in [0.2, 0.25) is 0 Å².